The fraction of sp³-hybridized carbons (Fsp3) is 1.00. The molecule has 3 unspecified atom stereocenters. The van der Waals surface area contributed by atoms with Crippen LogP contribution in [0.15, 0.2) is 0 Å². The normalized spacial score (nSPS) is 48.5. The lowest BCUT2D eigenvalue weighted by Crippen LogP contribution is -2.60. The van der Waals surface area contributed by atoms with Gasteiger partial charge >= 0.3 is 0 Å². The molecule has 11 heavy (non-hydrogen) atoms. The first-order chi connectivity index (χ1) is 5.26. The Hall–Kier alpha value is -0.0400. The zero-order valence-electron chi connectivity index (χ0n) is 7.69. The monoisotopic (exact) mass is 153 g/mol. The Labute approximate surface area is 69.6 Å². The molecule has 3 aliphatic rings. The number of rotatable bonds is 2. The molecule has 0 aromatic rings. The van der Waals surface area contributed by atoms with Crippen molar-refractivity contribution in [3.05, 3.63) is 0 Å². The number of fused-ring (bicyclic) bond motifs is 2. The van der Waals surface area contributed by atoms with Crippen LogP contribution in [0.5, 0.6) is 0 Å². The fourth-order valence-electron chi connectivity index (χ4n) is 3.16. The molecule has 1 nitrogen and oxygen atoms in total. The molecule has 3 rings (SSSR count). The van der Waals surface area contributed by atoms with Crippen LogP contribution in [0.2, 0.25) is 0 Å². The van der Waals surface area contributed by atoms with Gasteiger partial charge in [-0.1, -0.05) is 20.3 Å². The van der Waals surface area contributed by atoms with Crippen molar-refractivity contribution >= 4 is 0 Å². The van der Waals surface area contributed by atoms with E-state index in [1.54, 1.807) is 0 Å². The van der Waals surface area contributed by atoms with Crippen molar-refractivity contribution in [3.63, 3.8) is 0 Å². The van der Waals surface area contributed by atoms with E-state index in [4.69, 9.17) is 0 Å². The second-order valence-electron chi connectivity index (χ2n) is 4.64. The zero-order chi connectivity index (χ0) is 7.90. The standard InChI is InChI=1S/C10H19N/c1-3-4-9-8-5-10(9,2)7-11-6-8/h8-9,11H,3-7H2,1-2H3. The Morgan fingerprint density at radius 3 is 2.91 bits per heavy atom. The molecule has 1 N–H and O–H groups in total. The number of hydrogen-bond acceptors (Lipinski definition) is 1. The van der Waals surface area contributed by atoms with Crippen LogP contribution in [0.4, 0.5) is 0 Å². The third-order valence-electron chi connectivity index (χ3n) is 3.73. The second-order valence-corrected chi connectivity index (χ2v) is 4.64. The van der Waals surface area contributed by atoms with Gasteiger partial charge in [0.25, 0.3) is 0 Å². The lowest BCUT2D eigenvalue weighted by atomic mass is 9.51. The third-order valence-corrected chi connectivity index (χ3v) is 3.73. The van der Waals surface area contributed by atoms with Crippen LogP contribution >= 0.6 is 0 Å². The Kier molecular flexibility index (Phi) is 1.71. The molecule has 0 aromatic heterocycles. The van der Waals surface area contributed by atoms with Gasteiger partial charge in [-0.05, 0) is 36.6 Å². The van der Waals surface area contributed by atoms with Gasteiger partial charge in [-0.3, -0.25) is 0 Å². The van der Waals surface area contributed by atoms with Crippen molar-refractivity contribution < 1.29 is 0 Å². The van der Waals surface area contributed by atoms with E-state index in [0.717, 1.165) is 11.8 Å². The Morgan fingerprint density at radius 1 is 1.55 bits per heavy atom. The van der Waals surface area contributed by atoms with Gasteiger partial charge in [-0.15, -0.1) is 0 Å². The van der Waals surface area contributed by atoms with Gasteiger partial charge in [0.2, 0.25) is 0 Å². The minimum absolute atomic E-state index is 0.679. The zero-order valence-corrected chi connectivity index (χ0v) is 7.69. The molecule has 1 saturated carbocycles. The van der Waals surface area contributed by atoms with Crippen molar-refractivity contribution in [2.24, 2.45) is 17.3 Å². The van der Waals surface area contributed by atoms with E-state index < -0.39 is 0 Å². The molecule has 0 amide bonds. The minimum Gasteiger partial charge on any atom is -0.316 e. The SMILES string of the molecule is CCCC1C2CNCC1(C)C2. The van der Waals surface area contributed by atoms with E-state index in [0.29, 0.717) is 5.41 Å². The molecule has 3 atom stereocenters. The second kappa shape index (κ2) is 2.48. The first-order valence-electron chi connectivity index (χ1n) is 4.97. The Morgan fingerprint density at radius 2 is 2.36 bits per heavy atom. The number of hydrogen-bond donors (Lipinski definition) is 1. The fourth-order valence-corrected chi connectivity index (χ4v) is 3.16. The van der Waals surface area contributed by atoms with Crippen molar-refractivity contribution in [1.82, 2.24) is 5.32 Å². The average molecular weight is 153 g/mol. The predicted molar refractivity (Wildman–Crippen MR) is 47.5 cm³/mol. The Balaban J connectivity index is 1.99. The maximum Gasteiger partial charge on any atom is 0.000816 e. The molecule has 1 aliphatic carbocycles. The first kappa shape index (κ1) is 7.60. The van der Waals surface area contributed by atoms with E-state index >= 15 is 0 Å². The van der Waals surface area contributed by atoms with Gasteiger partial charge in [0, 0.05) is 6.54 Å². The van der Waals surface area contributed by atoms with Crippen molar-refractivity contribution in [2.75, 3.05) is 13.1 Å². The molecule has 0 spiro atoms. The Bertz CT molecular complexity index is 151. The summed E-state index contributed by atoms with van der Waals surface area (Å²) in [5.41, 5.74) is 0.679. The third kappa shape index (κ3) is 1.01. The molecular weight excluding hydrogens is 134 g/mol. The van der Waals surface area contributed by atoms with Crippen molar-refractivity contribution in [2.45, 2.75) is 33.1 Å². The number of piperidine rings is 2. The molecule has 2 heterocycles. The summed E-state index contributed by atoms with van der Waals surface area (Å²) in [6.45, 7) is 7.33. The van der Waals surface area contributed by atoms with E-state index in [1.165, 1.54) is 32.4 Å². The molecule has 3 fully saturated rings. The highest BCUT2D eigenvalue weighted by molar-refractivity contribution is 5.03. The van der Waals surface area contributed by atoms with Gasteiger partial charge in [-0.25, -0.2) is 0 Å². The molecule has 2 bridgehead atoms. The molecule has 64 valence electrons. The smallest absolute Gasteiger partial charge is 0.000816 e. The lowest BCUT2D eigenvalue weighted by Gasteiger charge is -2.58. The van der Waals surface area contributed by atoms with E-state index in [-0.39, 0.29) is 0 Å². The topological polar surface area (TPSA) is 12.0 Å². The van der Waals surface area contributed by atoms with Crippen LogP contribution in [0.25, 0.3) is 0 Å². The highest BCUT2D eigenvalue weighted by Gasteiger charge is 2.51. The van der Waals surface area contributed by atoms with Crippen molar-refractivity contribution in [1.29, 1.82) is 0 Å². The highest BCUT2D eigenvalue weighted by Crippen LogP contribution is 2.54. The van der Waals surface area contributed by atoms with E-state index in [1.807, 2.05) is 0 Å². The summed E-state index contributed by atoms with van der Waals surface area (Å²) in [5.74, 6) is 2.07. The van der Waals surface area contributed by atoms with Crippen LogP contribution < -0.4 is 5.32 Å². The van der Waals surface area contributed by atoms with Crippen LogP contribution in [-0.2, 0) is 0 Å². The maximum absolute atomic E-state index is 3.51. The summed E-state index contributed by atoms with van der Waals surface area (Å²) in [5, 5.41) is 3.51. The largest absolute Gasteiger partial charge is 0.316 e. The molecule has 0 radical (unpaired) electrons. The predicted octanol–water partition coefficient (Wildman–Crippen LogP) is 2.03. The molecule has 0 aromatic carbocycles. The van der Waals surface area contributed by atoms with Crippen LogP contribution in [0.1, 0.15) is 33.1 Å². The summed E-state index contributed by atoms with van der Waals surface area (Å²) in [6, 6.07) is 0. The maximum atomic E-state index is 3.51. The van der Waals surface area contributed by atoms with Gasteiger partial charge in [0.1, 0.15) is 0 Å². The average Bonchev–Trinajstić information content (AvgIpc) is 2.00. The summed E-state index contributed by atoms with van der Waals surface area (Å²) < 4.78 is 0. The molecule has 2 aliphatic heterocycles. The summed E-state index contributed by atoms with van der Waals surface area (Å²) in [7, 11) is 0. The van der Waals surface area contributed by atoms with Crippen LogP contribution in [0, 0.1) is 17.3 Å². The molecule has 1 heteroatoms. The van der Waals surface area contributed by atoms with E-state index in [9.17, 15) is 0 Å². The van der Waals surface area contributed by atoms with E-state index in [2.05, 4.69) is 19.2 Å². The quantitative estimate of drug-likeness (QED) is 0.640. The van der Waals surface area contributed by atoms with Gasteiger partial charge in [0.15, 0.2) is 0 Å². The number of nitrogens with one attached hydrogen (secondary N) is 1. The lowest BCUT2D eigenvalue weighted by molar-refractivity contribution is -0.0646. The molecular formula is C10H19N. The van der Waals surface area contributed by atoms with Crippen LogP contribution in [0.3, 0.4) is 0 Å². The highest BCUT2D eigenvalue weighted by atomic mass is 14.9. The first-order valence-corrected chi connectivity index (χ1v) is 4.97. The van der Waals surface area contributed by atoms with Gasteiger partial charge in [0.05, 0.1) is 0 Å². The summed E-state index contributed by atoms with van der Waals surface area (Å²) in [4.78, 5) is 0. The molecule has 2 saturated heterocycles. The summed E-state index contributed by atoms with van der Waals surface area (Å²) >= 11 is 0. The van der Waals surface area contributed by atoms with Gasteiger partial charge in [-0.2, -0.15) is 0 Å². The van der Waals surface area contributed by atoms with Gasteiger partial charge < -0.3 is 5.32 Å². The van der Waals surface area contributed by atoms with Crippen molar-refractivity contribution in [3.8, 4) is 0 Å². The van der Waals surface area contributed by atoms with Crippen LogP contribution in [-0.4, -0.2) is 13.1 Å². The summed E-state index contributed by atoms with van der Waals surface area (Å²) in [6.07, 6.45) is 4.32. The minimum atomic E-state index is 0.679.